The largest absolute Gasteiger partial charge is 0.321 e. The lowest BCUT2D eigenvalue weighted by molar-refractivity contribution is 0.102. The minimum Gasteiger partial charge on any atom is -0.321 e. The third-order valence-corrected chi connectivity index (χ3v) is 3.57. The van der Waals surface area contributed by atoms with Crippen LogP contribution in [0.15, 0.2) is 48.9 Å². The predicted molar refractivity (Wildman–Crippen MR) is 89.6 cm³/mol. The van der Waals surface area contributed by atoms with Crippen molar-refractivity contribution in [3.63, 3.8) is 0 Å². The molecule has 1 amide bonds. The molecule has 0 aliphatic heterocycles. The fourth-order valence-electron chi connectivity index (χ4n) is 2.31. The normalized spacial score (nSPS) is 11.1. The highest BCUT2D eigenvalue weighted by atomic mass is 16.1. The number of nitrogens with one attached hydrogen (secondary N) is 1. The van der Waals surface area contributed by atoms with Crippen molar-refractivity contribution in [2.24, 2.45) is 0 Å². The summed E-state index contributed by atoms with van der Waals surface area (Å²) in [6.45, 7) is 0.952. The number of anilines is 1. The highest BCUT2D eigenvalue weighted by Gasteiger charge is 2.08. The van der Waals surface area contributed by atoms with Gasteiger partial charge in [-0.15, -0.1) is 0 Å². The molecule has 0 radical (unpaired) electrons. The molecule has 1 aromatic carbocycles. The smallest absolute Gasteiger partial charge is 0.255 e. The van der Waals surface area contributed by atoms with Crippen LogP contribution in [-0.4, -0.2) is 46.0 Å². The molecule has 23 heavy (non-hydrogen) atoms. The molecule has 0 saturated heterocycles. The first-order valence-corrected chi connectivity index (χ1v) is 7.46. The maximum atomic E-state index is 12.4. The summed E-state index contributed by atoms with van der Waals surface area (Å²) >= 11 is 0. The number of nitrogens with zero attached hydrogens (tertiary/aromatic N) is 4. The summed E-state index contributed by atoms with van der Waals surface area (Å²) in [5.41, 5.74) is 3.23. The van der Waals surface area contributed by atoms with Gasteiger partial charge in [0.2, 0.25) is 0 Å². The zero-order chi connectivity index (χ0) is 16.2. The molecule has 0 unspecified atom stereocenters. The van der Waals surface area contributed by atoms with Gasteiger partial charge in [-0.3, -0.25) is 4.79 Å². The van der Waals surface area contributed by atoms with Crippen molar-refractivity contribution < 1.29 is 4.79 Å². The fraction of sp³-hybridized carbons (Fsp3) is 0.235. The van der Waals surface area contributed by atoms with Crippen LogP contribution in [0.1, 0.15) is 15.9 Å². The fourth-order valence-corrected chi connectivity index (χ4v) is 2.31. The average molecular weight is 309 g/mol. The summed E-state index contributed by atoms with van der Waals surface area (Å²) in [6.07, 6.45) is 4.14. The summed E-state index contributed by atoms with van der Waals surface area (Å²) in [7, 11) is 4.08. The van der Waals surface area contributed by atoms with Crippen LogP contribution in [0.2, 0.25) is 0 Å². The van der Waals surface area contributed by atoms with E-state index in [1.165, 1.54) is 6.33 Å². The molecule has 6 nitrogen and oxygen atoms in total. The molecule has 0 aliphatic carbocycles. The van der Waals surface area contributed by atoms with E-state index in [0.717, 1.165) is 24.2 Å². The van der Waals surface area contributed by atoms with Crippen LogP contribution in [0, 0.1) is 0 Å². The van der Waals surface area contributed by atoms with Crippen molar-refractivity contribution in [2.45, 2.75) is 6.42 Å². The van der Waals surface area contributed by atoms with Gasteiger partial charge in [0.15, 0.2) is 5.65 Å². The molecule has 118 valence electrons. The monoisotopic (exact) mass is 309 g/mol. The molecule has 0 atom stereocenters. The molecule has 0 spiro atoms. The van der Waals surface area contributed by atoms with Gasteiger partial charge in [-0.25, -0.2) is 9.50 Å². The number of carbonyl (C=O) groups excluding carboxylic acids is 1. The minimum absolute atomic E-state index is 0.129. The first kappa shape index (κ1) is 15.2. The molecule has 2 heterocycles. The Bertz CT molecular complexity index is 824. The van der Waals surface area contributed by atoms with E-state index in [9.17, 15) is 4.79 Å². The Kier molecular flexibility index (Phi) is 4.34. The number of pyridine rings is 1. The van der Waals surface area contributed by atoms with Crippen molar-refractivity contribution in [3.8, 4) is 0 Å². The molecule has 1 N–H and O–H groups in total. The Morgan fingerprint density at radius 2 is 2.13 bits per heavy atom. The van der Waals surface area contributed by atoms with Gasteiger partial charge in [0.05, 0.1) is 11.9 Å². The van der Waals surface area contributed by atoms with Gasteiger partial charge in [0, 0.05) is 12.1 Å². The number of hydrogen-bond acceptors (Lipinski definition) is 4. The van der Waals surface area contributed by atoms with Gasteiger partial charge in [0.25, 0.3) is 5.91 Å². The standard InChI is InChI=1S/C17H19N5O/c1-21(2)9-8-13-4-3-5-14(10-13)17(23)20-15-6-7-16-18-12-19-22(16)11-15/h3-7,10-12H,8-9H2,1-2H3,(H,20,23). The van der Waals surface area contributed by atoms with Crippen LogP contribution < -0.4 is 5.32 Å². The van der Waals surface area contributed by atoms with E-state index in [2.05, 4.69) is 20.3 Å². The van der Waals surface area contributed by atoms with Crippen LogP contribution in [0.3, 0.4) is 0 Å². The van der Waals surface area contributed by atoms with E-state index in [4.69, 9.17) is 0 Å². The Hall–Kier alpha value is -2.73. The second-order valence-corrected chi connectivity index (χ2v) is 5.69. The summed E-state index contributed by atoms with van der Waals surface area (Å²) < 4.78 is 1.63. The molecule has 0 saturated carbocycles. The molecule has 0 aliphatic rings. The van der Waals surface area contributed by atoms with Crippen LogP contribution in [0.5, 0.6) is 0 Å². The molecule has 3 aromatic rings. The van der Waals surface area contributed by atoms with Crippen LogP contribution in [0.4, 0.5) is 5.69 Å². The Morgan fingerprint density at radius 1 is 1.26 bits per heavy atom. The summed E-state index contributed by atoms with van der Waals surface area (Å²) in [5.74, 6) is -0.129. The van der Waals surface area contributed by atoms with Crippen molar-refractivity contribution in [1.29, 1.82) is 0 Å². The van der Waals surface area contributed by atoms with E-state index < -0.39 is 0 Å². The van der Waals surface area contributed by atoms with Crippen LogP contribution >= 0.6 is 0 Å². The maximum absolute atomic E-state index is 12.4. The van der Waals surface area contributed by atoms with Gasteiger partial charge in [0.1, 0.15) is 6.33 Å². The van der Waals surface area contributed by atoms with Gasteiger partial charge < -0.3 is 10.2 Å². The first-order valence-electron chi connectivity index (χ1n) is 7.46. The number of benzene rings is 1. The summed E-state index contributed by atoms with van der Waals surface area (Å²) in [4.78, 5) is 18.6. The quantitative estimate of drug-likeness (QED) is 0.784. The lowest BCUT2D eigenvalue weighted by Gasteiger charge is -2.10. The van der Waals surface area contributed by atoms with E-state index in [-0.39, 0.29) is 5.91 Å². The van der Waals surface area contributed by atoms with E-state index in [1.54, 1.807) is 10.7 Å². The number of rotatable bonds is 5. The highest BCUT2D eigenvalue weighted by molar-refractivity contribution is 6.04. The van der Waals surface area contributed by atoms with Crippen LogP contribution in [-0.2, 0) is 6.42 Å². The van der Waals surface area contributed by atoms with Crippen molar-refractivity contribution in [1.82, 2.24) is 19.5 Å². The SMILES string of the molecule is CN(C)CCc1cccc(C(=O)Nc2ccc3ncnn3c2)c1. The summed E-state index contributed by atoms with van der Waals surface area (Å²) in [5, 5.41) is 6.96. The number of carbonyl (C=O) groups is 1. The van der Waals surface area contributed by atoms with Crippen LogP contribution in [0.25, 0.3) is 5.65 Å². The van der Waals surface area contributed by atoms with Gasteiger partial charge in [-0.1, -0.05) is 12.1 Å². The molecule has 2 aromatic heterocycles. The number of aromatic nitrogens is 3. The average Bonchev–Trinajstić information content (AvgIpc) is 3.01. The second-order valence-electron chi connectivity index (χ2n) is 5.69. The third-order valence-electron chi connectivity index (χ3n) is 3.57. The predicted octanol–water partition coefficient (Wildman–Crippen LogP) is 2.09. The molecular formula is C17H19N5O. The number of fused-ring (bicyclic) bond motifs is 1. The van der Waals surface area contributed by atoms with E-state index >= 15 is 0 Å². The van der Waals surface area contributed by atoms with E-state index in [1.807, 2.05) is 50.5 Å². The number of likely N-dealkylation sites (N-methyl/N-ethyl adjacent to an activating group) is 1. The Labute approximate surface area is 134 Å². The van der Waals surface area contributed by atoms with E-state index in [0.29, 0.717) is 11.3 Å². The second kappa shape index (κ2) is 6.58. The molecule has 0 bridgehead atoms. The highest BCUT2D eigenvalue weighted by Crippen LogP contribution is 2.12. The Balaban J connectivity index is 1.73. The molecule has 0 fully saturated rings. The maximum Gasteiger partial charge on any atom is 0.255 e. The zero-order valence-electron chi connectivity index (χ0n) is 13.2. The third kappa shape index (κ3) is 3.73. The van der Waals surface area contributed by atoms with Crippen molar-refractivity contribution in [3.05, 3.63) is 60.0 Å². The number of amides is 1. The minimum atomic E-state index is -0.129. The summed E-state index contributed by atoms with van der Waals surface area (Å²) in [6, 6.07) is 11.4. The van der Waals surface area contributed by atoms with Gasteiger partial charge in [-0.2, -0.15) is 5.10 Å². The van der Waals surface area contributed by atoms with Gasteiger partial charge in [-0.05, 0) is 50.3 Å². The molecular weight excluding hydrogens is 290 g/mol. The topological polar surface area (TPSA) is 62.5 Å². The van der Waals surface area contributed by atoms with Crippen molar-refractivity contribution >= 4 is 17.2 Å². The zero-order valence-corrected chi connectivity index (χ0v) is 13.2. The molecule has 3 rings (SSSR count). The molecule has 6 heteroatoms. The number of hydrogen-bond donors (Lipinski definition) is 1. The van der Waals surface area contributed by atoms with Crippen molar-refractivity contribution in [2.75, 3.05) is 26.0 Å². The van der Waals surface area contributed by atoms with Gasteiger partial charge >= 0.3 is 0 Å². The Morgan fingerprint density at radius 3 is 2.96 bits per heavy atom. The lowest BCUT2D eigenvalue weighted by atomic mass is 10.1. The first-order chi connectivity index (χ1) is 11.1. The lowest BCUT2D eigenvalue weighted by Crippen LogP contribution is -2.16.